The molecule has 0 aromatic heterocycles. The molecule has 0 saturated carbocycles. The van der Waals surface area contributed by atoms with E-state index in [1.807, 2.05) is 0 Å². The highest BCUT2D eigenvalue weighted by Gasteiger charge is 1.99. The van der Waals surface area contributed by atoms with Crippen LogP contribution in [-0.4, -0.2) is 0 Å². The van der Waals surface area contributed by atoms with Crippen molar-refractivity contribution in [3.05, 3.63) is 61.3 Å². The maximum Gasteiger partial charge on any atom is -0.0199 e. The second-order valence-electron chi connectivity index (χ2n) is 5.43. The first-order valence-corrected chi connectivity index (χ1v) is 8.16. The Morgan fingerprint density at radius 2 is 1.00 bits per heavy atom. The highest BCUT2D eigenvalue weighted by atomic mass is 14.0. The molecule has 0 heteroatoms. The quantitative estimate of drug-likeness (QED) is 0.475. The number of allylic oxidation sites excluding steroid dienone is 9. The number of hydrogen-bond donors (Lipinski definition) is 0. The van der Waals surface area contributed by atoms with Gasteiger partial charge in [-0.2, -0.15) is 0 Å². The van der Waals surface area contributed by atoms with Crippen LogP contribution in [0.5, 0.6) is 0 Å². The van der Waals surface area contributed by atoms with Gasteiger partial charge in [0, 0.05) is 0 Å². The van der Waals surface area contributed by atoms with Crippen LogP contribution in [0.3, 0.4) is 0 Å². The molecule has 20 heavy (non-hydrogen) atoms. The molecule has 0 aromatic carbocycles. The van der Waals surface area contributed by atoms with Crippen LogP contribution in [0.15, 0.2) is 61.3 Å². The van der Waals surface area contributed by atoms with Crippen LogP contribution < -0.4 is 0 Å². The van der Waals surface area contributed by atoms with Crippen LogP contribution in [-0.2, 0) is 0 Å². The van der Waals surface area contributed by atoms with E-state index in [2.05, 4.69) is 61.3 Å². The molecule has 0 bridgehead atoms. The van der Waals surface area contributed by atoms with Gasteiger partial charge < -0.3 is 0 Å². The Hall–Kier alpha value is -1.30. The van der Waals surface area contributed by atoms with Gasteiger partial charge in [0.1, 0.15) is 0 Å². The van der Waals surface area contributed by atoms with Gasteiger partial charge in [-0.05, 0) is 63.7 Å². The third kappa shape index (κ3) is 9.61. The molecule has 1 unspecified atom stereocenters. The van der Waals surface area contributed by atoms with E-state index < -0.39 is 0 Å². The summed E-state index contributed by atoms with van der Waals surface area (Å²) >= 11 is 0. The Morgan fingerprint density at radius 1 is 0.600 bits per heavy atom. The van der Waals surface area contributed by atoms with Crippen LogP contribution in [0.2, 0.25) is 0 Å². The third-order valence-electron chi connectivity index (χ3n) is 3.64. The molecule has 0 heterocycles. The summed E-state index contributed by atoms with van der Waals surface area (Å²) in [5.41, 5.74) is 0. The van der Waals surface area contributed by atoms with E-state index in [9.17, 15) is 0 Å². The molecule has 1 aliphatic carbocycles. The number of hydrogen-bond acceptors (Lipinski definition) is 0. The lowest BCUT2D eigenvalue weighted by Crippen LogP contribution is -1.93. The normalized spacial score (nSPS) is 29.5. The fourth-order valence-electron chi connectivity index (χ4n) is 2.32. The second kappa shape index (κ2) is 12.7. The van der Waals surface area contributed by atoms with Crippen LogP contribution in [0.1, 0.15) is 57.8 Å². The highest BCUT2D eigenvalue weighted by molar-refractivity contribution is 4.95. The second-order valence-corrected chi connectivity index (χ2v) is 5.43. The highest BCUT2D eigenvalue weighted by Crippen LogP contribution is 2.14. The van der Waals surface area contributed by atoms with Crippen molar-refractivity contribution in [1.29, 1.82) is 0 Å². The molecule has 0 radical (unpaired) electrons. The SMILES string of the molecule is C=CC1C/C=C/CC/C=C\CC/C=C/CC/C=C/CC1. The minimum atomic E-state index is 0.630. The summed E-state index contributed by atoms with van der Waals surface area (Å²) in [6.45, 7) is 3.96. The summed E-state index contributed by atoms with van der Waals surface area (Å²) in [6.07, 6.45) is 31.2. The van der Waals surface area contributed by atoms with Crippen LogP contribution >= 0.6 is 0 Å². The number of rotatable bonds is 1. The average molecular weight is 270 g/mol. The Morgan fingerprint density at radius 3 is 1.45 bits per heavy atom. The summed E-state index contributed by atoms with van der Waals surface area (Å²) in [7, 11) is 0. The van der Waals surface area contributed by atoms with E-state index >= 15 is 0 Å². The maximum absolute atomic E-state index is 3.96. The molecule has 1 rings (SSSR count). The standard InChI is InChI=1S/C20H30/c1-2-20-18-16-14-12-10-8-6-4-3-5-7-9-11-13-15-17-19-20/h2,4,6-7,9,12,14-15,17,20H,1,3,5,8,10-11,13,16,18-19H2/b6-4+,9-7-,14-12+,17-15+. The van der Waals surface area contributed by atoms with E-state index in [1.54, 1.807) is 0 Å². The zero-order valence-electron chi connectivity index (χ0n) is 12.8. The van der Waals surface area contributed by atoms with Crippen molar-refractivity contribution in [3.63, 3.8) is 0 Å². The van der Waals surface area contributed by atoms with E-state index in [-0.39, 0.29) is 0 Å². The topological polar surface area (TPSA) is 0 Å². The molecule has 0 spiro atoms. The fourth-order valence-corrected chi connectivity index (χ4v) is 2.32. The van der Waals surface area contributed by atoms with Gasteiger partial charge in [-0.1, -0.05) is 54.7 Å². The monoisotopic (exact) mass is 270 g/mol. The average Bonchev–Trinajstić information content (AvgIpc) is 2.47. The van der Waals surface area contributed by atoms with Gasteiger partial charge in [0.15, 0.2) is 0 Å². The van der Waals surface area contributed by atoms with Crippen molar-refractivity contribution in [2.45, 2.75) is 57.8 Å². The van der Waals surface area contributed by atoms with E-state index in [0.717, 1.165) is 12.8 Å². The van der Waals surface area contributed by atoms with Gasteiger partial charge in [0.2, 0.25) is 0 Å². The van der Waals surface area contributed by atoms with Gasteiger partial charge in [0.25, 0.3) is 0 Å². The van der Waals surface area contributed by atoms with Gasteiger partial charge in [0.05, 0.1) is 0 Å². The smallest absolute Gasteiger partial charge is 0.0199 e. The Labute approximate surface area is 125 Å². The first kappa shape index (κ1) is 16.8. The van der Waals surface area contributed by atoms with Crippen molar-refractivity contribution in [2.24, 2.45) is 5.92 Å². The summed E-state index contributed by atoms with van der Waals surface area (Å²) in [6, 6.07) is 0. The van der Waals surface area contributed by atoms with Crippen molar-refractivity contribution in [2.75, 3.05) is 0 Å². The molecular formula is C20H30. The van der Waals surface area contributed by atoms with Gasteiger partial charge >= 0.3 is 0 Å². The van der Waals surface area contributed by atoms with Crippen molar-refractivity contribution >= 4 is 0 Å². The van der Waals surface area contributed by atoms with Gasteiger partial charge in [-0.15, -0.1) is 6.58 Å². The lowest BCUT2D eigenvalue weighted by atomic mass is 9.99. The van der Waals surface area contributed by atoms with E-state index in [0.29, 0.717) is 5.92 Å². The minimum Gasteiger partial charge on any atom is -0.103 e. The zero-order chi connectivity index (χ0) is 14.3. The van der Waals surface area contributed by atoms with E-state index in [4.69, 9.17) is 0 Å². The molecule has 0 aromatic rings. The molecule has 1 aliphatic rings. The largest absolute Gasteiger partial charge is 0.103 e. The molecule has 0 nitrogen and oxygen atoms in total. The summed E-state index contributed by atoms with van der Waals surface area (Å²) < 4.78 is 0. The lowest BCUT2D eigenvalue weighted by molar-refractivity contribution is 0.606. The summed E-state index contributed by atoms with van der Waals surface area (Å²) in [4.78, 5) is 0. The fraction of sp³-hybridized carbons (Fsp3) is 0.500. The maximum atomic E-state index is 3.96. The predicted molar refractivity (Wildman–Crippen MR) is 91.8 cm³/mol. The minimum absolute atomic E-state index is 0.630. The Balaban J connectivity index is 2.41. The Kier molecular flexibility index (Phi) is 10.7. The van der Waals surface area contributed by atoms with Gasteiger partial charge in [-0.25, -0.2) is 0 Å². The van der Waals surface area contributed by atoms with E-state index in [1.165, 1.54) is 44.9 Å². The first-order valence-electron chi connectivity index (χ1n) is 8.16. The first-order chi connectivity index (χ1) is 9.93. The zero-order valence-corrected chi connectivity index (χ0v) is 12.8. The van der Waals surface area contributed by atoms with Gasteiger partial charge in [-0.3, -0.25) is 0 Å². The molecule has 0 N–H and O–H groups in total. The Bertz CT molecular complexity index is 341. The molecule has 0 aliphatic heterocycles. The lowest BCUT2D eigenvalue weighted by Gasteiger charge is -2.07. The van der Waals surface area contributed by atoms with Crippen molar-refractivity contribution in [1.82, 2.24) is 0 Å². The predicted octanol–water partition coefficient (Wildman–Crippen LogP) is 6.54. The van der Waals surface area contributed by atoms with Crippen molar-refractivity contribution in [3.8, 4) is 0 Å². The summed E-state index contributed by atoms with van der Waals surface area (Å²) in [5.74, 6) is 0.630. The molecular weight excluding hydrogens is 240 g/mol. The summed E-state index contributed by atoms with van der Waals surface area (Å²) in [5, 5.41) is 0. The van der Waals surface area contributed by atoms with Crippen LogP contribution in [0.25, 0.3) is 0 Å². The molecule has 0 fully saturated rings. The molecule has 0 saturated heterocycles. The van der Waals surface area contributed by atoms with Crippen molar-refractivity contribution < 1.29 is 0 Å². The third-order valence-corrected chi connectivity index (χ3v) is 3.64. The molecule has 1 atom stereocenters. The molecule has 0 amide bonds. The van der Waals surface area contributed by atoms with Crippen LogP contribution in [0.4, 0.5) is 0 Å². The molecule has 110 valence electrons. The van der Waals surface area contributed by atoms with Crippen LogP contribution in [0, 0.1) is 5.92 Å².